The topological polar surface area (TPSA) is 60.1 Å². The summed E-state index contributed by atoms with van der Waals surface area (Å²) in [5, 5.41) is 0. The average Bonchev–Trinajstić information content (AvgIpc) is 2.97. The highest BCUT2D eigenvalue weighted by Gasteiger charge is 2.44. The van der Waals surface area contributed by atoms with Gasteiger partial charge in [0.1, 0.15) is 11.5 Å². The third-order valence-corrected chi connectivity index (χ3v) is 5.11. The summed E-state index contributed by atoms with van der Waals surface area (Å²) in [5.74, 6) is 1.24. The highest BCUT2D eigenvalue weighted by Crippen LogP contribution is 2.45. The summed E-state index contributed by atoms with van der Waals surface area (Å²) < 4.78 is 35.4. The van der Waals surface area contributed by atoms with Gasteiger partial charge in [-0.05, 0) is 35.4 Å². The molecule has 2 aromatic rings. The number of nitrogens with two attached hydrogens (primary N) is 1. The first-order valence-corrected chi connectivity index (χ1v) is 9.47. The number of benzene rings is 2. The largest absolute Gasteiger partial charge is 0.493 e. The molecule has 0 fully saturated rings. The number of hydrogen-bond donors (Lipinski definition) is 1. The lowest BCUT2D eigenvalue weighted by Gasteiger charge is -2.30. The number of rotatable bonds is 8. The van der Waals surface area contributed by atoms with Gasteiger partial charge in [0.25, 0.3) is 0 Å². The van der Waals surface area contributed by atoms with E-state index >= 15 is 0 Å². The Morgan fingerprint density at radius 1 is 1.17 bits per heavy atom. The Labute approximate surface area is 175 Å². The molecule has 7 heteroatoms. The lowest BCUT2D eigenvalue weighted by atomic mass is 9.81. The van der Waals surface area contributed by atoms with Gasteiger partial charge in [0.15, 0.2) is 11.5 Å². The van der Waals surface area contributed by atoms with E-state index in [0.29, 0.717) is 24.0 Å². The molecule has 1 heterocycles. The average molecular weight is 413 g/mol. The van der Waals surface area contributed by atoms with E-state index in [1.807, 2.05) is 37.3 Å². The first kappa shape index (κ1) is 21.4. The van der Waals surface area contributed by atoms with Crippen LogP contribution in [0, 0.1) is 5.92 Å². The molecule has 0 aliphatic carbocycles. The molecule has 0 radical (unpaired) electrons. The molecule has 0 amide bonds. The molecule has 0 bridgehead atoms. The van der Waals surface area contributed by atoms with Crippen molar-refractivity contribution < 1.29 is 18.3 Å². The molecule has 1 unspecified atom stereocenters. The normalized spacial score (nSPS) is 19.6. The maximum atomic E-state index is 12.5. The van der Waals surface area contributed by atoms with Gasteiger partial charge in [-0.15, -0.1) is 6.58 Å². The van der Waals surface area contributed by atoms with Crippen LogP contribution in [0.1, 0.15) is 18.1 Å². The van der Waals surface area contributed by atoms with Crippen LogP contribution in [0.15, 0.2) is 78.5 Å². The van der Waals surface area contributed by atoms with Crippen molar-refractivity contribution >= 4 is 5.96 Å². The van der Waals surface area contributed by atoms with E-state index in [1.165, 1.54) is 12.1 Å². The van der Waals surface area contributed by atoms with E-state index in [9.17, 15) is 8.78 Å². The zero-order valence-corrected chi connectivity index (χ0v) is 17.0. The third-order valence-electron chi connectivity index (χ3n) is 5.11. The predicted molar refractivity (Wildman–Crippen MR) is 114 cm³/mol. The molecule has 0 spiro atoms. The number of nitrogens with zero attached hydrogens (tertiary/aromatic N) is 2. The number of guanidine groups is 1. The molecule has 158 valence electrons. The van der Waals surface area contributed by atoms with Gasteiger partial charge >= 0.3 is 6.61 Å². The predicted octanol–water partition coefficient (Wildman–Crippen LogP) is 4.51. The third kappa shape index (κ3) is 4.01. The zero-order valence-electron chi connectivity index (χ0n) is 17.0. The van der Waals surface area contributed by atoms with Crippen molar-refractivity contribution in [2.24, 2.45) is 16.6 Å². The van der Waals surface area contributed by atoms with Gasteiger partial charge in [-0.2, -0.15) is 8.78 Å². The molecule has 0 saturated heterocycles. The Balaban J connectivity index is 2.05. The van der Waals surface area contributed by atoms with Crippen molar-refractivity contribution in [3.8, 4) is 11.5 Å². The SMILES string of the molecule is C=CC(C)COc1cccc([C@@]2(c3ccc(OC(F)F)cc3)N=C(N)N(C)C2=C)c1. The van der Waals surface area contributed by atoms with Crippen molar-refractivity contribution in [1.29, 1.82) is 0 Å². The van der Waals surface area contributed by atoms with Gasteiger partial charge in [0.05, 0.1) is 12.3 Å². The zero-order chi connectivity index (χ0) is 21.9. The molecule has 1 aliphatic rings. The Hall–Kier alpha value is -3.35. The summed E-state index contributed by atoms with van der Waals surface area (Å²) in [5.41, 5.74) is 7.27. The minimum absolute atomic E-state index is 0.0633. The fraction of sp³-hybridized carbons (Fsp3) is 0.261. The van der Waals surface area contributed by atoms with Crippen LogP contribution in [0.3, 0.4) is 0 Å². The molecular weight excluding hydrogens is 388 g/mol. The second-order valence-electron chi connectivity index (χ2n) is 7.14. The summed E-state index contributed by atoms with van der Waals surface area (Å²) in [6.07, 6.45) is 1.83. The summed E-state index contributed by atoms with van der Waals surface area (Å²) >= 11 is 0. The molecule has 0 aromatic heterocycles. The lowest BCUT2D eigenvalue weighted by molar-refractivity contribution is -0.0498. The Morgan fingerprint density at radius 3 is 2.43 bits per heavy atom. The van der Waals surface area contributed by atoms with Crippen molar-refractivity contribution in [3.63, 3.8) is 0 Å². The smallest absolute Gasteiger partial charge is 0.387 e. The molecule has 1 aliphatic heterocycles. The van der Waals surface area contributed by atoms with Crippen molar-refractivity contribution in [1.82, 2.24) is 4.90 Å². The highest BCUT2D eigenvalue weighted by atomic mass is 19.3. The first-order valence-electron chi connectivity index (χ1n) is 9.47. The Kier molecular flexibility index (Phi) is 6.10. The Morgan fingerprint density at radius 2 is 1.87 bits per heavy atom. The molecule has 5 nitrogen and oxygen atoms in total. The molecule has 2 aromatic carbocycles. The minimum Gasteiger partial charge on any atom is -0.493 e. The lowest BCUT2D eigenvalue weighted by Crippen LogP contribution is -2.32. The standard InChI is InChI=1S/C23H25F2N3O2/c1-5-15(2)14-29-20-8-6-7-18(13-20)23(16(3)28(4)22(26)27-23)17-9-11-19(12-10-17)30-21(24)25/h5-13,15,21H,1,3,14H2,2,4H3,(H2,26,27)/t15?,23-/m1/s1. The van der Waals surface area contributed by atoms with E-state index < -0.39 is 12.2 Å². The van der Waals surface area contributed by atoms with Crippen LogP contribution in [0.25, 0.3) is 0 Å². The van der Waals surface area contributed by atoms with Gasteiger partial charge in [0, 0.05) is 13.0 Å². The van der Waals surface area contributed by atoms with Gasteiger partial charge in [-0.25, -0.2) is 4.99 Å². The Bertz CT molecular complexity index is 959. The van der Waals surface area contributed by atoms with Crippen LogP contribution in [-0.4, -0.2) is 31.1 Å². The molecule has 0 saturated carbocycles. The number of hydrogen-bond acceptors (Lipinski definition) is 5. The number of likely N-dealkylation sites (N-methyl/N-ethyl adjacent to an activating group) is 1. The van der Waals surface area contributed by atoms with E-state index in [2.05, 4.69) is 17.9 Å². The second kappa shape index (κ2) is 8.57. The fourth-order valence-electron chi connectivity index (χ4n) is 3.31. The second-order valence-corrected chi connectivity index (χ2v) is 7.14. The van der Waals surface area contributed by atoms with Crippen LogP contribution >= 0.6 is 0 Å². The molecule has 2 atom stereocenters. The first-order chi connectivity index (χ1) is 14.3. The van der Waals surface area contributed by atoms with Crippen LogP contribution in [0.2, 0.25) is 0 Å². The molecule has 30 heavy (non-hydrogen) atoms. The van der Waals surface area contributed by atoms with E-state index in [1.54, 1.807) is 24.1 Å². The van der Waals surface area contributed by atoms with Crippen molar-refractivity contribution in [2.45, 2.75) is 19.1 Å². The van der Waals surface area contributed by atoms with Gasteiger partial charge in [0.2, 0.25) is 0 Å². The van der Waals surface area contributed by atoms with E-state index in [4.69, 9.17) is 15.5 Å². The van der Waals surface area contributed by atoms with Gasteiger partial charge in [-0.1, -0.05) is 43.8 Å². The van der Waals surface area contributed by atoms with Crippen LogP contribution < -0.4 is 15.2 Å². The van der Waals surface area contributed by atoms with Crippen LogP contribution in [-0.2, 0) is 5.54 Å². The quantitative estimate of drug-likeness (QED) is 0.647. The summed E-state index contributed by atoms with van der Waals surface area (Å²) in [6.45, 7) is 7.59. The van der Waals surface area contributed by atoms with Gasteiger partial charge < -0.3 is 20.1 Å². The molecular formula is C23H25F2N3O2. The molecule has 2 N–H and O–H groups in total. The summed E-state index contributed by atoms with van der Waals surface area (Å²) in [7, 11) is 1.78. The monoisotopic (exact) mass is 413 g/mol. The number of alkyl halides is 2. The van der Waals surface area contributed by atoms with Crippen molar-refractivity contribution in [3.05, 3.63) is 84.6 Å². The maximum Gasteiger partial charge on any atom is 0.387 e. The minimum atomic E-state index is -2.89. The summed E-state index contributed by atoms with van der Waals surface area (Å²) in [4.78, 5) is 6.43. The number of halogens is 2. The number of ether oxygens (including phenoxy) is 2. The fourth-order valence-corrected chi connectivity index (χ4v) is 3.31. The van der Waals surface area contributed by atoms with E-state index in [0.717, 1.165) is 11.1 Å². The van der Waals surface area contributed by atoms with E-state index in [-0.39, 0.29) is 11.7 Å². The molecule has 3 rings (SSSR count). The maximum absolute atomic E-state index is 12.5. The van der Waals surface area contributed by atoms with Crippen LogP contribution in [0.5, 0.6) is 11.5 Å². The van der Waals surface area contributed by atoms with Crippen molar-refractivity contribution in [2.75, 3.05) is 13.7 Å². The van der Waals surface area contributed by atoms with Crippen LogP contribution in [0.4, 0.5) is 8.78 Å². The highest BCUT2D eigenvalue weighted by molar-refractivity contribution is 5.85. The summed E-state index contributed by atoms with van der Waals surface area (Å²) in [6, 6.07) is 13.9. The van der Waals surface area contributed by atoms with Gasteiger partial charge in [-0.3, -0.25) is 0 Å². The number of aliphatic imine (C=N–C) groups is 1.